The first-order valence-corrected chi connectivity index (χ1v) is 6.75. The van der Waals surface area contributed by atoms with Crippen LogP contribution in [0, 0.1) is 0 Å². The van der Waals surface area contributed by atoms with Crippen molar-refractivity contribution in [3.05, 3.63) is 35.0 Å². The van der Waals surface area contributed by atoms with Crippen molar-refractivity contribution < 1.29 is 9.15 Å². The molecule has 0 aliphatic carbocycles. The van der Waals surface area contributed by atoms with Gasteiger partial charge in [-0.15, -0.1) is 0 Å². The van der Waals surface area contributed by atoms with E-state index >= 15 is 0 Å². The Kier molecular flexibility index (Phi) is 3.71. The molecule has 1 aromatic heterocycles. The summed E-state index contributed by atoms with van der Waals surface area (Å²) in [5.74, 6) is 1.69. The highest BCUT2D eigenvalue weighted by atomic mass is 79.9. The number of hydrogen-bond acceptors (Lipinski definition) is 2. The first kappa shape index (κ1) is 11.7. The van der Waals surface area contributed by atoms with Crippen LogP contribution in [0.4, 0.5) is 0 Å². The van der Waals surface area contributed by atoms with Crippen LogP contribution in [0.3, 0.4) is 0 Å². The van der Waals surface area contributed by atoms with Crippen LogP contribution in [0.2, 0.25) is 0 Å². The number of furan rings is 1. The lowest BCUT2D eigenvalue weighted by Gasteiger charge is -1.96. The summed E-state index contributed by atoms with van der Waals surface area (Å²) in [6.45, 7) is 0. The summed E-state index contributed by atoms with van der Waals surface area (Å²) in [6, 6.07) is 7.77. The fraction of sp³-hybridized carbons (Fsp3) is 0.167. The third-order valence-electron chi connectivity index (χ3n) is 2.32. The van der Waals surface area contributed by atoms with Gasteiger partial charge in [-0.2, -0.15) is 0 Å². The maximum atomic E-state index is 5.73. The van der Waals surface area contributed by atoms with E-state index in [1.54, 1.807) is 7.11 Å². The van der Waals surface area contributed by atoms with Gasteiger partial charge in [-0.1, -0.05) is 31.9 Å². The number of ether oxygens (including phenoxy) is 1. The molecule has 0 bridgehead atoms. The fourth-order valence-electron chi connectivity index (χ4n) is 1.46. The predicted octanol–water partition coefficient (Wildman–Crippen LogP) is 4.57. The van der Waals surface area contributed by atoms with Gasteiger partial charge in [0.2, 0.25) is 0 Å². The molecular formula is C12H10Br2O2. The number of hydrogen-bond donors (Lipinski definition) is 0. The minimum atomic E-state index is 0.745. The number of rotatable bonds is 3. The topological polar surface area (TPSA) is 22.4 Å². The second kappa shape index (κ2) is 5.06. The number of halogens is 2. The van der Waals surface area contributed by atoms with Crippen LogP contribution in [-0.2, 0) is 0 Å². The van der Waals surface area contributed by atoms with Gasteiger partial charge < -0.3 is 9.15 Å². The van der Waals surface area contributed by atoms with E-state index in [0.717, 1.165) is 33.4 Å². The predicted molar refractivity (Wildman–Crippen MR) is 73.5 cm³/mol. The third-order valence-corrected chi connectivity index (χ3v) is 3.47. The number of fused-ring (bicyclic) bond motifs is 1. The molecule has 2 aromatic rings. The van der Waals surface area contributed by atoms with Crippen LogP contribution in [0.15, 0.2) is 33.7 Å². The molecule has 0 saturated carbocycles. The lowest BCUT2D eigenvalue weighted by molar-refractivity contribution is 0.415. The van der Waals surface area contributed by atoms with Gasteiger partial charge in [-0.3, -0.25) is 0 Å². The second-order valence-corrected chi connectivity index (χ2v) is 4.30. The summed E-state index contributed by atoms with van der Waals surface area (Å²) in [6.07, 6.45) is 0. The van der Waals surface area contributed by atoms with E-state index in [2.05, 4.69) is 31.9 Å². The van der Waals surface area contributed by atoms with Gasteiger partial charge >= 0.3 is 0 Å². The first-order chi connectivity index (χ1) is 7.78. The van der Waals surface area contributed by atoms with Crippen LogP contribution >= 0.6 is 31.9 Å². The molecule has 0 amide bonds. The number of methoxy groups -OCH3 is 1. The van der Waals surface area contributed by atoms with Gasteiger partial charge in [0.25, 0.3) is 0 Å². The molecule has 0 N–H and O–H groups in total. The summed E-state index contributed by atoms with van der Waals surface area (Å²) in [5, 5.41) is 1.79. The van der Waals surface area contributed by atoms with Crippen LogP contribution in [-0.4, -0.2) is 12.4 Å². The Morgan fingerprint density at radius 2 is 2.25 bits per heavy atom. The quantitative estimate of drug-likeness (QED) is 0.760. The molecule has 1 aromatic carbocycles. The average molecular weight is 346 g/mol. The Morgan fingerprint density at radius 3 is 2.88 bits per heavy atom. The number of alkyl halides is 1. The fourth-order valence-corrected chi connectivity index (χ4v) is 2.72. The third kappa shape index (κ3) is 2.18. The molecule has 0 spiro atoms. The molecule has 16 heavy (non-hydrogen) atoms. The molecule has 4 heteroatoms. The van der Waals surface area contributed by atoms with E-state index in [1.807, 2.05) is 29.3 Å². The molecule has 0 aliphatic rings. The monoisotopic (exact) mass is 344 g/mol. The van der Waals surface area contributed by atoms with Crippen molar-refractivity contribution in [3.63, 3.8) is 0 Å². The van der Waals surface area contributed by atoms with Crippen molar-refractivity contribution in [1.82, 2.24) is 0 Å². The molecule has 2 rings (SSSR count). The summed E-state index contributed by atoms with van der Waals surface area (Å²) in [4.78, 5) is 1.86. The Labute approximate surface area is 111 Å². The number of benzene rings is 1. The Hall–Kier alpha value is -0.740. The minimum Gasteiger partial charge on any atom is -0.497 e. The van der Waals surface area contributed by atoms with Crippen molar-refractivity contribution >= 4 is 48.4 Å². The molecule has 84 valence electrons. The Bertz CT molecular complexity index is 529. The van der Waals surface area contributed by atoms with Gasteiger partial charge in [-0.05, 0) is 29.3 Å². The van der Waals surface area contributed by atoms with Crippen LogP contribution < -0.4 is 4.74 Å². The molecule has 0 aliphatic heterocycles. The summed E-state index contributed by atoms with van der Waals surface area (Å²) < 4.78 is 10.9. The van der Waals surface area contributed by atoms with Crippen molar-refractivity contribution in [2.24, 2.45) is 0 Å². The lowest BCUT2D eigenvalue weighted by Crippen LogP contribution is -1.80. The van der Waals surface area contributed by atoms with Crippen molar-refractivity contribution in [1.29, 1.82) is 0 Å². The smallest absolute Gasteiger partial charge is 0.135 e. The molecule has 1 heterocycles. The van der Waals surface area contributed by atoms with Gasteiger partial charge in [0.15, 0.2) is 0 Å². The van der Waals surface area contributed by atoms with E-state index in [4.69, 9.17) is 9.15 Å². The maximum Gasteiger partial charge on any atom is 0.135 e. The van der Waals surface area contributed by atoms with Gasteiger partial charge in [0.1, 0.15) is 17.1 Å². The highest BCUT2D eigenvalue weighted by Crippen LogP contribution is 2.28. The van der Waals surface area contributed by atoms with E-state index in [1.165, 1.54) is 0 Å². The van der Waals surface area contributed by atoms with Crippen molar-refractivity contribution in [2.75, 3.05) is 12.4 Å². The largest absolute Gasteiger partial charge is 0.497 e. The van der Waals surface area contributed by atoms with Crippen molar-refractivity contribution in [3.8, 4) is 5.75 Å². The molecule has 0 radical (unpaired) electrons. The van der Waals surface area contributed by atoms with Crippen LogP contribution in [0.25, 0.3) is 16.5 Å². The molecule has 2 nitrogen and oxygen atoms in total. The Morgan fingerprint density at radius 1 is 1.44 bits per heavy atom. The standard InChI is InChI=1S/C12H10Br2O2/c1-15-10-2-3-11-8(4-10)5-12(16-11)9(6-13)7-14/h2-6H,7H2,1H3/b9-6-. The normalized spacial score (nSPS) is 12.1. The zero-order valence-electron chi connectivity index (χ0n) is 8.67. The van der Waals surface area contributed by atoms with E-state index in [0.29, 0.717) is 0 Å². The molecule has 0 fully saturated rings. The second-order valence-electron chi connectivity index (χ2n) is 3.28. The SMILES string of the molecule is COc1ccc2oc(/C(=C\Br)CBr)cc2c1. The zero-order valence-corrected chi connectivity index (χ0v) is 11.8. The molecular weight excluding hydrogens is 336 g/mol. The zero-order chi connectivity index (χ0) is 11.5. The van der Waals surface area contributed by atoms with E-state index < -0.39 is 0 Å². The minimum absolute atomic E-state index is 0.745. The van der Waals surface area contributed by atoms with Gasteiger partial charge in [-0.25, -0.2) is 0 Å². The van der Waals surface area contributed by atoms with E-state index in [-0.39, 0.29) is 0 Å². The van der Waals surface area contributed by atoms with E-state index in [9.17, 15) is 0 Å². The van der Waals surface area contributed by atoms with Gasteiger partial charge in [0, 0.05) is 16.3 Å². The molecule has 0 unspecified atom stereocenters. The number of allylic oxidation sites excluding steroid dienone is 1. The summed E-state index contributed by atoms with van der Waals surface area (Å²) in [5.41, 5.74) is 1.93. The highest BCUT2D eigenvalue weighted by molar-refractivity contribution is 9.11. The van der Waals surface area contributed by atoms with Crippen LogP contribution in [0.5, 0.6) is 5.75 Å². The summed E-state index contributed by atoms with van der Waals surface area (Å²) >= 11 is 6.74. The molecule has 0 atom stereocenters. The van der Waals surface area contributed by atoms with Gasteiger partial charge in [0.05, 0.1) is 7.11 Å². The van der Waals surface area contributed by atoms with Crippen LogP contribution in [0.1, 0.15) is 5.76 Å². The lowest BCUT2D eigenvalue weighted by atomic mass is 10.2. The Balaban J connectivity index is 2.51. The van der Waals surface area contributed by atoms with Crippen molar-refractivity contribution in [2.45, 2.75) is 0 Å². The first-order valence-electron chi connectivity index (χ1n) is 4.71. The summed E-state index contributed by atoms with van der Waals surface area (Å²) in [7, 11) is 1.66. The molecule has 0 saturated heterocycles. The maximum absolute atomic E-state index is 5.73. The average Bonchev–Trinajstić information content (AvgIpc) is 2.72. The highest BCUT2D eigenvalue weighted by Gasteiger charge is 2.08.